The van der Waals surface area contributed by atoms with Crippen LogP contribution in [0.4, 0.5) is 0 Å². The van der Waals surface area contributed by atoms with E-state index in [-0.39, 0.29) is 5.54 Å². The van der Waals surface area contributed by atoms with Crippen LogP contribution in [0.1, 0.15) is 43.2 Å². The van der Waals surface area contributed by atoms with Crippen molar-refractivity contribution in [2.24, 2.45) is 4.99 Å². The average molecular weight is 418 g/mol. The molecule has 3 rings (SSSR count). The second-order valence-corrected chi connectivity index (χ2v) is 9.52. The number of hydrogen-bond donors (Lipinski definition) is 2. The Morgan fingerprint density at radius 1 is 1.10 bits per heavy atom. The van der Waals surface area contributed by atoms with E-state index in [1.54, 1.807) is 0 Å². The lowest BCUT2D eigenvalue weighted by Gasteiger charge is -2.50. The predicted octanol–water partition coefficient (Wildman–Crippen LogP) is 3.33. The molecule has 0 aliphatic carbocycles. The zero-order chi connectivity index (χ0) is 20.7. The second-order valence-electron chi connectivity index (χ2n) is 8.67. The summed E-state index contributed by atoms with van der Waals surface area (Å²) in [6.07, 6.45) is 8.69. The molecule has 2 N–H and O–H groups in total. The van der Waals surface area contributed by atoms with Crippen LogP contribution in [0.5, 0.6) is 0 Å². The van der Waals surface area contributed by atoms with Crippen LogP contribution >= 0.6 is 11.8 Å². The summed E-state index contributed by atoms with van der Waals surface area (Å²) in [5.74, 6) is 0.910. The average Bonchev–Trinajstić information content (AvgIpc) is 2.76. The topological polar surface area (TPSA) is 42.9 Å². The summed E-state index contributed by atoms with van der Waals surface area (Å²) in [5, 5.41) is 7.23. The van der Waals surface area contributed by atoms with E-state index in [4.69, 9.17) is 0 Å². The third-order valence-corrected chi connectivity index (χ3v) is 7.46. The maximum atomic E-state index is 4.51. The van der Waals surface area contributed by atoms with Gasteiger partial charge in [0.1, 0.15) is 0 Å². The molecule has 0 saturated carbocycles. The third-order valence-electron chi connectivity index (χ3n) is 6.64. The molecular weight excluding hydrogens is 378 g/mol. The minimum atomic E-state index is 0.263. The smallest absolute Gasteiger partial charge is 0.191 e. The van der Waals surface area contributed by atoms with E-state index in [1.807, 2.05) is 18.8 Å². The molecule has 0 spiro atoms. The lowest BCUT2D eigenvalue weighted by Crippen LogP contribution is -2.62. The molecule has 0 amide bonds. The van der Waals surface area contributed by atoms with Crippen molar-refractivity contribution in [3.8, 4) is 0 Å². The fourth-order valence-corrected chi connectivity index (χ4v) is 5.36. The highest BCUT2D eigenvalue weighted by atomic mass is 32.2. The SMILES string of the molecule is CN=C(NCc1ccc(C)cc1SC)NCC1(N2CCCCC2)CCN(C)CC1. The van der Waals surface area contributed by atoms with Crippen LogP contribution in [0.25, 0.3) is 0 Å². The minimum absolute atomic E-state index is 0.263. The number of piperidine rings is 2. The van der Waals surface area contributed by atoms with Gasteiger partial charge in [0.25, 0.3) is 0 Å². The summed E-state index contributed by atoms with van der Waals surface area (Å²) >= 11 is 1.81. The molecule has 29 heavy (non-hydrogen) atoms. The molecule has 162 valence electrons. The Kier molecular flexibility index (Phi) is 8.27. The number of aryl methyl sites for hydroxylation is 1. The first-order chi connectivity index (χ1) is 14.1. The molecule has 1 aromatic rings. The summed E-state index contributed by atoms with van der Waals surface area (Å²) in [6, 6.07) is 6.69. The summed E-state index contributed by atoms with van der Waals surface area (Å²) in [7, 11) is 4.13. The first-order valence-electron chi connectivity index (χ1n) is 11.1. The lowest BCUT2D eigenvalue weighted by atomic mass is 9.84. The van der Waals surface area contributed by atoms with Gasteiger partial charge in [-0.2, -0.15) is 0 Å². The van der Waals surface area contributed by atoms with Crippen molar-refractivity contribution in [1.82, 2.24) is 20.4 Å². The number of aliphatic imine (C=N–C) groups is 1. The van der Waals surface area contributed by atoms with Crippen LogP contribution in [0, 0.1) is 6.92 Å². The summed E-state index contributed by atoms with van der Waals surface area (Å²) in [4.78, 5) is 11.1. The Balaban J connectivity index is 1.61. The van der Waals surface area contributed by atoms with Gasteiger partial charge in [-0.15, -0.1) is 11.8 Å². The van der Waals surface area contributed by atoms with Gasteiger partial charge in [0, 0.05) is 30.6 Å². The van der Waals surface area contributed by atoms with Gasteiger partial charge in [-0.3, -0.25) is 9.89 Å². The number of hydrogen-bond acceptors (Lipinski definition) is 4. The molecular formula is C23H39N5S. The van der Waals surface area contributed by atoms with Crippen molar-refractivity contribution in [2.45, 2.75) is 56.0 Å². The molecule has 0 unspecified atom stereocenters. The molecule has 2 fully saturated rings. The van der Waals surface area contributed by atoms with Crippen LogP contribution in [-0.4, -0.2) is 74.4 Å². The Labute approximate surface area is 181 Å². The molecule has 2 aliphatic rings. The number of benzene rings is 1. The third kappa shape index (κ3) is 5.89. The minimum Gasteiger partial charge on any atom is -0.355 e. The van der Waals surface area contributed by atoms with Gasteiger partial charge in [-0.25, -0.2) is 0 Å². The lowest BCUT2D eigenvalue weighted by molar-refractivity contribution is 0.0173. The quantitative estimate of drug-likeness (QED) is 0.422. The van der Waals surface area contributed by atoms with Crippen LogP contribution in [0.3, 0.4) is 0 Å². The largest absolute Gasteiger partial charge is 0.355 e. The van der Waals surface area contributed by atoms with Crippen molar-refractivity contribution in [3.05, 3.63) is 29.3 Å². The monoisotopic (exact) mass is 417 g/mol. The molecule has 2 saturated heterocycles. The van der Waals surface area contributed by atoms with Crippen molar-refractivity contribution in [3.63, 3.8) is 0 Å². The predicted molar refractivity (Wildman–Crippen MR) is 126 cm³/mol. The van der Waals surface area contributed by atoms with Crippen LogP contribution < -0.4 is 10.6 Å². The van der Waals surface area contributed by atoms with E-state index in [1.165, 1.54) is 74.3 Å². The summed E-state index contributed by atoms with van der Waals surface area (Å²) in [6.45, 7) is 8.80. The van der Waals surface area contributed by atoms with Crippen molar-refractivity contribution < 1.29 is 0 Å². The zero-order valence-corrected chi connectivity index (χ0v) is 19.6. The number of nitrogens with zero attached hydrogens (tertiary/aromatic N) is 3. The number of likely N-dealkylation sites (tertiary alicyclic amines) is 2. The fraction of sp³-hybridized carbons (Fsp3) is 0.696. The fourth-order valence-electron chi connectivity index (χ4n) is 4.65. The highest BCUT2D eigenvalue weighted by Crippen LogP contribution is 2.31. The summed E-state index contributed by atoms with van der Waals surface area (Å²) in [5.41, 5.74) is 2.90. The van der Waals surface area contributed by atoms with Gasteiger partial charge in [0.2, 0.25) is 0 Å². The molecule has 2 aliphatic heterocycles. The molecule has 6 heteroatoms. The Morgan fingerprint density at radius 2 is 1.83 bits per heavy atom. The second kappa shape index (κ2) is 10.7. The molecule has 5 nitrogen and oxygen atoms in total. The summed E-state index contributed by atoms with van der Waals surface area (Å²) < 4.78 is 0. The normalized spacial score (nSPS) is 21.2. The van der Waals surface area contributed by atoms with E-state index in [0.717, 1.165) is 19.0 Å². The van der Waals surface area contributed by atoms with Gasteiger partial charge >= 0.3 is 0 Å². The molecule has 0 radical (unpaired) electrons. The number of rotatable bonds is 6. The number of thioether (sulfide) groups is 1. The number of nitrogens with one attached hydrogen (secondary N) is 2. The molecule has 0 bridgehead atoms. The van der Waals surface area contributed by atoms with E-state index >= 15 is 0 Å². The maximum Gasteiger partial charge on any atom is 0.191 e. The van der Waals surface area contributed by atoms with E-state index in [0.29, 0.717) is 0 Å². The maximum absolute atomic E-state index is 4.51. The standard InChI is InChI=1S/C23H39N5S/c1-19-8-9-20(21(16-19)29-4)17-25-22(24-2)26-18-23(10-14-27(3)15-11-23)28-12-6-5-7-13-28/h8-9,16H,5-7,10-15,17-18H2,1-4H3,(H2,24,25,26). The molecule has 1 aromatic carbocycles. The Morgan fingerprint density at radius 3 is 2.48 bits per heavy atom. The van der Waals surface area contributed by atoms with E-state index < -0.39 is 0 Å². The van der Waals surface area contributed by atoms with Gasteiger partial charge in [0.15, 0.2) is 5.96 Å². The zero-order valence-electron chi connectivity index (χ0n) is 18.8. The van der Waals surface area contributed by atoms with Crippen molar-refractivity contribution >= 4 is 17.7 Å². The van der Waals surface area contributed by atoms with Gasteiger partial charge in [-0.1, -0.05) is 18.6 Å². The highest BCUT2D eigenvalue weighted by molar-refractivity contribution is 7.98. The first kappa shape index (κ1) is 22.4. The molecule has 2 heterocycles. The molecule has 0 aromatic heterocycles. The van der Waals surface area contributed by atoms with E-state index in [2.05, 4.69) is 63.9 Å². The Hall–Kier alpha value is -1.24. The van der Waals surface area contributed by atoms with Crippen molar-refractivity contribution in [1.29, 1.82) is 0 Å². The van der Waals surface area contributed by atoms with Gasteiger partial charge in [-0.05, 0) is 89.3 Å². The van der Waals surface area contributed by atoms with Gasteiger partial charge < -0.3 is 15.5 Å². The Bertz CT molecular complexity index is 676. The number of guanidine groups is 1. The van der Waals surface area contributed by atoms with Crippen LogP contribution in [0.2, 0.25) is 0 Å². The van der Waals surface area contributed by atoms with Crippen LogP contribution in [0.15, 0.2) is 28.1 Å². The van der Waals surface area contributed by atoms with Gasteiger partial charge in [0.05, 0.1) is 0 Å². The first-order valence-corrected chi connectivity index (χ1v) is 12.3. The van der Waals surface area contributed by atoms with Crippen LogP contribution in [-0.2, 0) is 6.54 Å². The van der Waals surface area contributed by atoms with Crippen molar-refractivity contribution in [2.75, 3.05) is 53.1 Å². The molecule has 0 atom stereocenters. The highest BCUT2D eigenvalue weighted by Gasteiger charge is 2.39. The van der Waals surface area contributed by atoms with E-state index in [9.17, 15) is 0 Å².